The standard InChI is InChI=1S/C12H11Cl3FN3OS/c1-7(6-21)10-17(9-4-2-3-8(13)5-9)12(20)19(16)18(10)11(14)15/h2-7,10-11H,1H3. The van der Waals surface area contributed by atoms with Crippen molar-refractivity contribution in [1.82, 2.24) is 10.2 Å². The molecule has 2 rings (SSSR count). The highest BCUT2D eigenvalue weighted by Crippen LogP contribution is 2.36. The number of anilines is 1. The summed E-state index contributed by atoms with van der Waals surface area (Å²) in [5.41, 5.74) is 0.431. The maximum Gasteiger partial charge on any atom is 0.369 e. The molecule has 1 saturated heterocycles. The molecule has 4 nitrogen and oxygen atoms in total. The second-order valence-electron chi connectivity index (χ2n) is 4.46. The maximum absolute atomic E-state index is 14.1. The molecule has 2 unspecified atom stereocenters. The molecule has 1 aliphatic rings. The van der Waals surface area contributed by atoms with Gasteiger partial charge < -0.3 is 0 Å². The second kappa shape index (κ2) is 6.62. The van der Waals surface area contributed by atoms with Gasteiger partial charge in [-0.25, -0.2) is 4.79 Å². The number of rotatable bonds is 4. The fourth-order valence-corrected chi connectivity index (χ4v) is 2.86. The molecular weight excluding hydrogens is 360 g/mol. The summed E-state index contributed by atoms with van der Waals surface area (Å²) in [6.07, 6.45) is -0.779. The third-order valence-electron chi connectivity index (χ3n) is 3.07. The molecule has 1 aliphatic heterocycles. The molecular formula is C12H11Cl3FN3OS. The van der Waals surface area contributed by atoms with E-state index in [-0.39, 0.29) is 11.1 Å². The molecule has 9 heteroatoms. The Morgan fingerprint density at radius 2 is 2.10 bits per heavy atom. The van der Waals surface area contributed by atoms with E-state index in [1.807, 2.05) is 0 Å². The number of hydrogen-bond acceptors (Lipinski definition) is 3. The number of benzene rings is 1. The Bertz CT molecular complexity index is 562. The predicted octanol–water partition coefficient (Wildman–Crippen LogP) is 4.41. The van der Waals surface area contributed by atoms with Gasteiger partial charge in [0.05, 0.1) is 0 Å². The Kier molecular flexibility index (Phi) is 5.27. The van der Waals surface area contributed by atoms with E-state index in [9.17, 15) is 9.28 Å². The van der Waals surface area contributed by atoms with Gasteiger partial charge in [0.25, 0.3) is 0 Å². The van der Waals surface area contributed by atoms with Crippen molar-refractivity contribution in [2.45, 2.75) is 18.0 Å². The number of carbonyl (C=O) groups is 1. The monoisotopic (exact) mass is 369 g/mol. The highest BCUT2D eigenvalue weighted by molar-refractivity contribution is 7.79. The number of hydrazine groups is 1. The molecule has 2 amide bonds. The van der Waals surface area contributed by atoms with Crippen LogP contribution in [0.2, 0.25) is 5.02 Å². The summed E-state index contributed by atoms with van der Waals surface area (Å²) in [5.74, 6) is -0.358. The van der Waals surface area contributed by atoms with Crippen LogP contribution in [0.1, 0.15) is 6.92 Å². The lowest BCUT2D eigenvalue weighted by molar-refractivity contribution is -0.115. The van der Waals surface area contributed by atoms with Crippen molar-refractivity contribution < 1.29 is 9.28 Å². The minimum absolute atomic E-state index is 0.106. The first-order valence-electron chi connectivity index (χ1n) is 5.95. The number of nitrogens with zero attached hydrogens (tertiary/aromatic N) is 3. The minimum atomic E-state index is -1.24. The topological polar surface area (TPSA) is 26.8 Å². The predicted molar refractivity (Wildman–Crippen MR) is 86.2 cm³/mol. The third-order valence-corrected chi connectivity index (χ3v) is 4.14. The van der Waals surface area contributed by atoms with Crippen LogP contribution in [0.3, 0.4) is 0 Å². The van der Waals surface area contributed by atoms with E-state index in [1.54, 1.807) is 31.2 Å². The lowest BCUT2D eigenvalue weighted by Gasteiger charge is -2.31. The molecule has 0 bridgehead atoms. The van der Waals surface area contributed by atoms with Crippen molar-refractivity contribution in [3.8, 4) is 0 Å². The van der Waals surface area contributed by atoms with Gasteiger partial charge in [0, 0.05) is 16.6 Å². The van der Waals surface area contributed by atoms with Gasteiger partial charge in [-0.3, -0.25) is 4.90 Å². The molecule has 114 valence electrons. The fourth-order valence-electron chi connectivity index (χ4n) is 2.15. The van der Waals surface area contributed by atoms with E-state index in [2.05, 4.69) is 0 Å². The lowest BCUT2D eigenvalue weighted by Crippen LogP contribution is -2.47. The number of halogens is 4. The van der Waals surface area contributed by atoms with E-state index < -0.39 is 17.2 Å². The van der Waals surface area contributed by atoms with Gasteiger partial charge in [0.2, 0.25) is 0 Å². The van der Waals surface area contributed by atoms with Crippen molar-refractivity contribution in [3.05, 3.63) is 29.3 Å². The Balaban J connectivity index is 2.50. The highest BCUT2D eigenvalue weighted by atomic mass is 35.5. The van der Waals surface area contributed by atoms with Gasteiger partial charge in [0.1, 0.15) is 6.17 Å². The van der Waals surface area contributed by atoms with Crippen molar-refractivity contribution >= 4 is 64.1 Å². The van der Waals surface area contributed by atoms with E-state index in [4.69, 9.17) is 47.0 Å². The third kappa shape index (κ3) is 3.10. The summed E-state index contributed by atoms with van der Waals surface area (Å²) in [4.78, 5) is 12.2. The van der Waals surface area contributed by atoms with Crippen molar-refractivity contribution in [3.63, 3.8) is 0 Å². The lowest BCUT2D eigenvalue weighted by atomic mass is 10.1. The minimum Gasteiger partial charge on any atom is -0.272 e. The van der Waals surface area contributed by atoms with Crippen molar-refractivity contribution in [2.24, 2.45) is 5.92 Å². The smallest absolute Gasteiger partial charge is 0.272 e. The zero-order valence-electron chi connectivity index (χ0n) is 10.8. The van der Waals surface area contributed by atoms with Gasteiger partial charge in [-0.1, -0.05) is 69.7 Å². The van der Waals surface area contributed by atoms with Crippen LogP contribution in [0.4, 0.5) is 15.0 Å². The largest absolute Gasteiger partial charge is 0.369 e. The molecule has 21 heavy (non-hydrogen) atoms. The zero-order chi connectivity index (χ0) is 15.7. The second-order valence-corrected chi connectivity index (χ2v) is 6.22. The Labute approximate surface area is 141 Å². The van der Waals surface area contributed by atoms with Gasteiger partial charge in [-0.05, 0) is 23.6 Å². The molecule has 0 radical (unpaired) electrons. The van der Waals surface area contributed by atoms with Crippen LogP contribution in [-0.4, -0.2) is 32.8 Å². The van der Waals surface area contributed by atoms with Gasteiger partial charge in [-0.15, -0.1) is 5.01 Å². The number of alkyl halides is 2. The van der Waals surface area contributed by atoms with E-state index in [0.29, 0.717) is 10.7 Å². The molecule has 0 N–H and O–H groups in total. The first kappa shape index (κ1) is 16.7. The van der Waals surface area contributed by atoms with Gasteiger partial charge in [0.15, 0.2) is 4.96 Å². The number of thiocarbonyl (C=S) groups is 1. The van der Waals surface area contributed by atoms with Crippen LogP contribution in [-0.2, 0) is 0 Å². The Hall–Kier alpha value is -0.660. The molecule has 1 heterocycles. The molecule has 0 aliphatic carbocycles. The van der Waals surface area contributed by atoms with Crippen LogP contribution >= 0.6 is 47.0 Å². The Morgan fingerprint density at radius 3 is 2.62 bits per heavy atom. The van der Waals surface area contributed by atoms with Crippen molar-refractivity contribution in [2.75, 3.05) is 4.90 Å². The summed E-state index contributed by atoms with van der Waals surface area (Å²) in [6, 6.07) is 5.60. The SMILES string of the molecule is CC(C=S)C1N(c2cccc(Cl)c2)C(=O)N(F)N1C(Cl)Cl. The molecule has 0 aromatic heterocycles. The summed E-state index contributed by atoms with van der Waals surface area (Å²) in [5, 5.41) is 2.66. The van der Waals surface area contributed by atoms with Crippen LogP contribution < -0.4 is 4.90 Å². The quantitative estimate of drug-likeness (QED) is 0.340. The first-order chi connectivity index (χ1) is 9.88. The summed E-state index contributed by atoms with van der Waals surface area (Å²) >= 11 is 22.4. The maximum atomic E-state index is 14.1. The van der Waals surface area contributed by atoms with E-state index in [0.717, 1.165) is 5.01 Å². The Morgan fingerprint density at radius 1 is 1.43 bits per heavy atom. The van der Waals surface area contributed by atoms with Gasteiger partial charge in [-0.2, -0.15) is 0 Å². The van der Waals surface area contributed by atoms with E-state index in [1.165, 1.54) is 10.3 Å². The molecule has 0 saturated carbocycles. The molecule has 1 aromatic carbocycles. The van der Waals surface area contributed by atoms with Gasteiger partial charge >= 0.3 is 6.03 Å². The fraction of sp³-hybridized carbons (Fsp3) is 0.333. The zero-order valence-corrected chi connectivity index (χ0v) is 13.9. The number of urea groups is 1. The summed E-state index contributed by atoms with van der Waals surface area (Å²) in [6.45, 7) is 1.74. The molecule has 2 atom stereocenters. The molecule has 1 aromatic rings. The summed E-state index contributed by atoms with van der Waals surface area (Å²) in [7, 11) is 0. The van der Waals surface area contributed by atoms with Crippen LogP contribution in [0.15, 0.2) is 24.3 Å². The number of amides is 2. The average molecular weight is 371 g/mol. The normalized spacial score (nSPS) is 21.2. The highest BCUT2D eigenvalue weighted by Gasteiger charge is 2.50. The van der Waals surface area contributed by atoms with Crippen LogP contribution in [0.5, 0.6) is 0 Å². The number of carbonyl (C=O) groups excluding carboxylic acids is 1. The van der Waals surface area contributed by atoms with Crippen LogP contribution in [0, 0.1) is 5.92 Å². The van der Waals surface area contributed by atoms with Crippen LogP contribution in [0.25, 0.3) is 0 Å². The molecule has 0 spiro atoms. The average Bonchev–Trinajstić information content (AvgIpc) is 2.70. The van der Waals surface area contributed by atoms with Crippen molar-refractivity contribution in [1.29, 1.82) is 0 Å². The number of hydrogen-bond donors (Lipinski definition) is 0. The first-order valence-corrected chi connectivity index (χ1v) is 7.67. The molecule has 1 fully saturated rings. The summed E-state index contributed by atoms with van der Waals surface area (Å²) < 4.78 is 14.1. The van der Waals surface area contributed by atoms with E-state index >= 15 is 0 Å².